The van der Waals surface area contributed by atoms with Crippen LogP contribution in [0.15, 0.2) is 0 Å². The Bertz CT molecular complexity index is 264. The maximum absolute atomic E-state index is 12.0. The van der Waals surface area contributed by atoms with Crippen molar-refractivity contribution >= 4 is 5.91 Å². The molecule has 4 atom stereocenters. The van der Waals surface area contributed by atoms with E-state index < -0.39 is 0 Å². The highest BCUT2D eigenvalue weighted by Gasteiger charge is 2.29. The van der Waals surface area contributed by atoms with E-state index in [0.29, 0.717) is 5.92 Å². The van der Waals surface area contributed by atoms with E-state index in [-0.39, 0.29) is 24.1 Å². The lowest BCUT2D eigenvalue weighted by atomic mass is 9.84. The molecule has 1 saturated carbocycles. The number of aliphatic hydroxyl groups excluding tert-OH is 1. The molecule has 0 aromatic heterocycles. The van der Waals surface area contributed by atoms with Crippen LogP contribution in [0, 0.1) is 5.92 Å². The highest BCUT2D eigenvalue weighted by molar-refractivity contribution is 5.82. The molecular formula is C13H24N2O2. The molecule has 0 bridgehead atoms. The largest absolute Gasteiger partial charge is 0.393 e. The number of piperidine rings is 1. The average Bonchev–Trinajstić information content (AvgIpc) is 2.35. The number of amides is 1. The molecule has 0 aromatic carbocycles. The van der Waals surface area contributed by atoms with Gasteiger partial charge in [0.05, 0.1) is 12.1 Å². The number of carbonyl (C=O) groups excluding carboxylic acids is 1. The first-order valence-corrected chi connectivity index (χ1v) is 6.88. The summed E-state index contributed by atoms with van der Waals surface area (Å²) in [6.45, 7) is 3.01. The second-order valence-electron chi connectivity index (χ2n) is 5.57. The van der Waals surface area contributed by atoms with Gasteiger partial charge in [0.1, 0.15) is 0 Å². The maximum Gasteiger partial charge on any atom is 0.237 e. The third-order valence-corrected chi connectivity index (χ3v) is 4.10. The summed E-state index contributed by atoms with van der Waals surface area (Å²) in [7, 11) is 0. The molecule has 0 aromatic rings. The lowest BCUT2D eigenvalue weighted by Gasteiger charge is -2.33. The Hall–Kier alpha value is -0.610. The number of aliphatic hydroxyl groups is 1. The van der Waals surface area contributed by atoms with E-state index >= 15 is 0 Å². The first kappa shape index (κ1) is 12.8. The molecule has 98 valence electrons. The fourth-order valence-corrected chi connectivity index (χ4v) is 2.89. The lowest BCUT2D eigenvalue weighted by Crippen LogP contribution is -2.51. The number of hydrogen-bond donors (Lipinski definition) is 3. The van der Waals surface area contributed by atoms with Gasteiger partial charge in [0.2, 0.25) is 5.91 Å². The fraction of sp³-hybridized carbons (Fsp3) is 0.923. The molecule has 2 fully saturated rings. The quantitative estimate of drug-likeness (QED) is 0.669. The minimum absolute atomic E-state index is 0.00547. The summed E-state index contributed by atoms with van der Waals surface area (Å²) >= 11 is 0. The van der Waals surface area contributed by atoms with Crippen molar-refractivity contribution in [1.82, 2.24) is 10.6 Å². The van der Waals surface area contributed by atoms with E-state index in [0.717, 1.165) is 38.6 Å². The smallest absolute Gasteiger partial charge is 0.237 e. The molecule has 1 heterocycles. The zero-order valence-electron chi connectivity index (χ0n) is 10.6. The zero-order chi connectivity index (χ0) is 12.3. The first-order chi connectivity index (χ1) is 8.16. The predicted octanol–water partition coefficient (Wildman–Crippen LogP) is 0.794. The van der Waals surface area contributed by atoms with Crippen LogP contribution in [0.5, 0.6) is 0 Å². The van der Waals surface area contributed by atoms with E-state index in [2.05, 4.69) is 17.6 Å². The molecule has 2 unspecified atom stereocenters. The summed E-state index contributed by atoms with van der Waals surface area (Å²) in [5, 5.41) is 16.0. The Morgan fingerprint density at radius 1 is 1.29 bits per heavy atom. The van der Waals surface area contributed by atoms with Crippen molar-refractivity contribution < 1.29 is 9.90 Å². The minimum atomic E-state index is -0.184. The van der Waals surface area contributed by atoms with Crippen molar-refractivity contribution in [3.05, 3.63) is 0 Å². The van der Waals surface area contributed by atoms with Crippen LogP contribution in [0.25, 0.3) is 0 Å². The molecule has 4 heteroatoms. The maximum atomic E-state index is 12.0. The van der Waals surface area contributed by atoms with Crippen LogP contribution >= 0.6 is 0 Å². The second kappa shape index (κ2) is 5.83. The number of rotatable bonds is 2. The monoisotopic (exact) mass is 240 g/mol. The molecule has 3 N–H and O–H groups in total. The third-order valence-electron chi connectivity index (χ3n) is 4.10. The SMILES string of the molecule is C[C@@H]1CC(NC(=O)C2CCCCN2)CC[C@@H]1O. The molecule has 2 rings (SSSR count). The topological polar surface area (TPSA) is 61.4 Å². The van der Waals surface area contributed by atoms with E-state index in [1.807, 2.05) is 0 Å². The zero-order valence-corrected chi connectivity index (χ0v) is 10.6. The van der Waals surface area contributed by atoms with Crippen LogP contribution in [0.1, 0.15) is 45.4 Å². The van der Waals surface area contributed by atoms with Gasteiger partial charge in [-0.2, -0.15) is 0 Å². The normalized spacial score (nSPS) is 38.7. The van der Waals surface area contributed by atoms with Crippen LogP contribution in [-0.2, 0) is 4.79 Å². The molecule has 1 amide bonds. The molecule has 2 aliphatic rings. The van der Waals surface area contributed by atoms with E-state index in [9.17, 15) is 9.90 Å². The van der Waals surface area contributed by atoms with Crippen molar-refractivity contribution in [3.63, 3.8) is 0 Å². The number of carbonyl (C=O) groups is 1. The highest BCUT2D eigenvalue weighted by atomic mass is 16.3. The van der Waals surface area contributed by atoms with Gasteiger partial charge in [0, 0.05) is 6.04 Å². The van der Waals surface area contributed by atoms with Gasteiger partial charge in [-0.15, -0.1) is 0 Å². The molecule has 1 saturated heterocycles. The first-order valence-electron chi connectivity index (χ1n) is 6.88. The molecule has 0 spiro atoms. The van der Waals surface area contributed by atoms with Crippen molar-refractivity contribution in [3.8, 4) is 0 Å². The Morgan fingerprint density at radius 3 is 2.76 bits per heavy atom. The summed E-state index contributed by atoms with van der Waals surface area (Å²) in [5.41, 5.74) is 0. The highest BCUT2D eigenvalue weighted by Crippen LogP contribution is 2.24. The Kier molecular flexibility index (Phi) is 4.40. The predicted molar refractivity (Wildman–Crippen MR) is 66.6 cm³/mol. The van der Waals surface area contributed by atoms with Crippen LogP contribution in [0.4, 0.5) is 0 Å². The van der Waals surface area contributed by atoms with Crippen LogP contribution in [0.2, 0.25) is 0 Å². The summed E-state index contributed by atoms with van der Waals surface area (Å²) in [5.74, 6) is 0.451. The van der Waals surface area contributed by atoms with Crippen molar-refractivity contribution in [2.45, 2.75) is 63.6 Å². The number of nitrogens with one attached hydrogen (secondary N) is 2. The van der Waals surface area contributed by atoms with Crippen molar-refractivity contribution in [2.75, 3.05) is 6.54 Å². The minimum Gasteiger partial charge on any atom is -0.393 e. The van der Waals surface area contributed by atoms with Gasteiger partial charge in [-0.1, -0.05) is 13.3 Å². The van der Waals surface area contributed by atoms with E-state index in [4.69, 9.17) is 0 Å². The van der Waals surface area contributed by atoms with Gasteiger partial charge < -0.3 is 15.7 Å². The third kappa shape index (κ3) is 3.42. The molecule has 4 nitrogen and oxygen atoms in total. The van der Waals surface area contributed by atoms with Crippen LogP contribution in [0.3, 0.4) is 0 Å². The Balaban J connectivity index is 1.78. The van der Waals surface area contributed by atoms with Crippen molar-refractivity contribution in [1.29, 1.82) is 0 Å². The molecule has 1 aliphatic carbocycles. The number of hydrogen-bond acceptors (Lipinski definition) is 3. The average molecular weight is 240 g/mol. The summed E-state index contributed by atoms with van der Waals surface area (Å²) in [6, 6.07) is 0.260. The molecular weight excluding hydrogens is 216 g/mol. The van der Waals surface area contributed by atoms with Gasteiger partial charge in [-0.05, 0) is 44.6 Å². The molecule has 0 radical (unpaired) electrons. The van der Waals surface area contributed by atoms with Crippen LogP contribution in [-0.4, -0.2) is 35.7 Å². The Labute approximate surface area is 103 Å². The molecule has 1 aliphatic heterocycles. The van der Waals surface area contributed by atoms with Gasteiger partial charge in [0.25, 0.3) is 0 Å². The van der Waals surface area contributed by atoms with Gasteiger partial charge in [-0.25, -0.2) is 0 Å². The van der Waals surface area contributed by atoms with E-state index in [1.165, 1.54) is 6.42 Å². The summed E-state index contributed by atoms with van der Waals surface area (Å²) in [4.78, 5) is 12.0. The summed E-state index contributed by atoms with van der Waals surface area (Å²) < 4.78 is 0. The molecule has 17 heavy (non-hydrogen) atoms. The standard InChI is InChI=1S/C13H24N2O2/c1-9-8-10(5-6-12(9)16)15-13(17)11-4-2-3-7-14-11/h9-12,14,16H,2-8H2,1H3,(H,15,17)/t9-,10?,11?,12+/m1/s1. The summed E-state index contributed by atoms with van der Waals surface area (Å²) in [6.07, 6.45) is 5.71. The van der Waals surface area contributed by atoms with Crippen molar-refractivity contribution in [2.24, 2.45) is 5.92 Å². The van der Waals surface area contributed by atoms with E-state index in [1.54, 1.807) is 0 Å². The van der Waals surface area contributed by atoms with Crippen LogP contribution < -0.4 is 10.6 Å². The van der Waals surface area contributed by atoms with Gasteiger partial charge >= 0.3 is 0 Å². The van der Waals surface area contributed by atoms with Gasteiger partial charge in [-0.3, -0.25) is 4.79 Å². The van der Waals surface area contributed by atoms with Gasteiger partial charge in [0.15, 0.2) is 0 Å². The Morgan fingerprint density at radius 2 is 2.12 bits per heavy atom. The lowest BCUT2D eigenvalue weighted by molar-refractivity contribution is -0.125. The fourth-order valence-electron chi connectivity index (χ4n) is 2.89. The second-order valence-corrected chi connectivity index (χ2v) is 5.57.